The number of thioether (sulfide) groups is 1. The molecular weight excluding hydrogens is 356 g/mol. The summed E-state index contributed by atoms with van der Waals surface area (Å²) in [6.45, 7) is 4.60. The van der Waals surface area contributed by atoms with Crippen LogP contribution in [-0.4, -0.2) is 5.75 Å². The molecule has 0 spiro atoms. The van der Waals surface area contributed by atoms with Crippen LogP contribution in [0.15, 0.2) is 0 Å². The summed E-state index contributed by atoms with van der Waals surface area (Å²) in [4.78, 5) is 0. The average molecular weight is 412 g/mol. The standard InChI is InChI=1S/C27H55S/c1-3-5-7-9-11-13-14-15-16-17-19-21-23-25-27-28-26-24-22-20-18-12-10-8-6-4-2/h27H,3-26H2,1-2H3. The van der Waals surface area contributed by atoms with Gasteiger partial charge in [0.25, 0.3) is 0 Å². The second-order valence-corrected chi connectivity index (χ2v) is 9.97. The highest BCUT2D eigenvalue weighted by atomic mass is 32.2. The van der Waals surface area contributed by atoms with Crippen LogP contribution in [0.3, 0.4) is 0 Å². The smallest absolute Gasteiger partial charge is 0.0166 e. The Morgan fingerprint density at radius 3 is 1.11 bits per heavy atom. The lowest BCUT2D eigenvalue weighted by molar-refractivity contribution is 0.540. The Labute approximate surface area is 184 Å². The molecule has 0 fully saturated rings. The van der Waals surface area contributed by atoms with Gasteiger partial charge in [0.2, 0.25) is 0 Å². The van der Waals surface area contributed by atoms with Gasteiger partial charge in [-0.15, -0.1) is 0 Å². The van der Waals surface area contributed by atoms with E-state index in [9.17, 15) is 0 Å². The first-order valence-electron chi connectivity index (χ1n) is 13.3. The zero-order valence-electron chi connectivity index (χ0n) is 20.0. The molecule has 0 aromatic carbocycles. The molecule has 0 aliphatic rings. The third-order valence-electron chi connectivity index (χ3n) is 5.91. The van der Waals surface area contributed by atoms with Crippen molar-refractivity contribution < 1.29 is 0 Å². The van der Waals surface area contributed by atoms with Gasteiger partial charge in [0, 0.05) is 5.75 Å². The SMILES string of the molecule is CCCCCCCCCCCCCCC[CH]SCCCCCCCCCCC. The Hall–Kier alpha value is 0.350. The summed E-state index contributed by atoms with van der Waals surface area (Å²) in [5, 5.41) is 0. The van der Waals surface area contributed by atoms with Crippen molar-refractivity contribution in [2.24, 2.45) is 0 Å². The van der Waals surface area contributed by atoms with Crippen molar-refractivity contribution in [2.45, 2.75) is 162 Å². The maximum Gasteiger partial charge on any atom is 0.0166 e. The van der Waals surface area contributed by atoms with Crippen LogP contribution < -0.4 is 0 Å². The molecule has 0 nitrogen and oxygen atoms in total. The zero-order chi connectivity index (χ0) is 20.4. The van der Waals surface area contributed by atoms with Gasteiger partial charge in [-0.1, -0.05) is 149 Å². The van der Waals surface area contributed by atoms with Crippen molar-refractivity contribution in [1.82, 2.24) is 0 Å². The number of unbranched alkanes of at least 4 members (excludes halogenated alkanes) is 21. The van der Waals surface area contributed by atoms with Crippen LogP contribution in [0.5, 0.6) is 0 Å². The van der Waals surface area contributed by atoms with Crippen molar-refractivity contribution in [2.75, 3.05) is 5.75 Å². The second-order valence-electron chi connectivity index (χ2n) is 8.90. The fraction of sp³-hybridized carbons (Fsp3) is 0.963. The summed E-state index contributed by atoms with van der Waals surface area (Å²) in [5.41, 5.74) is 0. The first kappa shape index (κ1) is 28.4. The van der Waals surface area contributed by atoms with Gasteiger partial charge < -0.3 is 0 Å². The van der Waals surface area contributed by atoms with Crippen LogP contribution in [0.2, 0.25) is 0 Å². The van der Waals surface area contributed by atoms with Gasteiger partial charge in [-0.2, -0.15) is 11.8 Å². The van der Waals surface area contributed by atoms with Gasteiger partial charge in [-0.25, -0.2) is 0 Å². The molecule has 0 aliphatic carbocycles. The van der Waals surface area contributed by atoms with Crippen LogP contribution in [0.4, 0.5) is 0 Å². The predicted molar refractivity (Wildman–Crippen MR) is 134 cm³/mol. The van der Waals surface area contributed by atoms with Gasteiger partial charge >= 0.3 is 0 Å². The summed E-state index contributed by atoms with van der Waals surface area (Å²) in [7, 11) is 0. The van der Waals surface area contributed by atoms with Crippen LogP contribution in [0, 0.1) is 5.75 Å². The van der Waals surface area contributed by atoms with E-state index in [0.29, 0.717) is 0 Å². The minimum atomic E-state index is 1.33. The lowest BCUT2D eigenvalue weighted by Crippen LogP contribution is -1.85. The molecule has 0 unspecified atom stereocenters. The molecule has 1 heteroatoms. The van der Waals surface area contributed by atoms with Crippen LogP contribution in [0.25, 0.3) is 0 Å². The predicted octanol–water partition coefficient (Wildman–Crippen LogP) is 10.9. The minimum absolute atomic E-state index is 1.33. The molecule has 0 N–H and O–H groups in total. The largest absolute Gasteiger partial charge is 0.157 e. The molecule has 0 amide bonds. The third kappa shape index (κ3) is 26.4. The molecule has 0 saturated carbocycles. The Bertz CT molecular complexity index is 225. The monoisotopic (exact) mass is 411 g/mol. The molecule has 169 valence electrons. The van der Waals surface area contributed by atoms with Crippen LogP contribution in [-0.2, 0) is 0 Å². The van der Waals surface area contributed by atoms with Gasteiger partial charge in [0.1, 0.15) is 0 Å². The van der Waals surface area contributed by atoms with E-state index >= 15 is 0 Å². The highest BCUT2D eigenvalue weighted by molar-refractivity contribution is 8.01. The van der Waals surface area contributed by atoms with Gasteiger partial charge in [-0.3, -0.25) is 0 Å². The van der Waals surface area contributed by atoms with Crippen molar-refractivity contribution in [3.05, 3.63) is 5.75 Å². The van der Waals surface area contributed by atoms with Gasteiger partial charge in [0.05, 0.1) is 0 Å². The molecule has 0 bridgehead atoms. The number of rotatable bonds is 25. The molecule has 0 aliphatic heterocycles. The second kappa shape index (κ2) is 27.4. The fourth-order valence-corrected chi connectivity index (χ4v) is 4.78. The lowest BCUT2D eigenvalue weighted by atomic mass is 10.0. The normalized spacial score (nSPS) is 11.4. The molecule has 0 heterocycles. The highest BCUT2D eigenvalue weighted by Gasteiger charge is 1.96. The van der Waals surface area contributed by atoms with Gasteiger partial charge in [-0.05, 0) is 18.6 Å². The summed E-state index contributed by atoms with van der Waals surface area (Å²) in [6, 6.07) is 0. The van der Waals surface area contributed by atoms with E-state index in [0.717, 1.165) is 0 Å². The number of hydrogen-bond donors (Lipinski definition) is 0. The number of hydrogen-bond acceptors (Lipinski definition) is 1. The lowest BCUT2D eigenvalue weighted by Gasteiger charge is -2.04. The van der Waals surface area contributed by atoms with E-state index in [-0.39, 0.29) is 0 Å². The first-order valence-corrected chi connectivity index (χ1v) is 14.4. The van der Waals surface area contributed by atoms with E-state index in [1.165, 1.54) is 153 Å². The topological polar surface area (TPSA) is 0 Å². The molecule has 0 saturated heterocycles. The van der Waals surface area contributed by atoms with E-state index in [2.05, 4.69) is 31.4 Å². The fourth-order valence-electron chi connectivity index (χ4n) is 3.91. The third-order valence-corrected chi connectivity index (χ3v) is 6.90. The summed E-state index contributed by atoms with van der Waals surface area (Å²) >= 11 is 2.09. The van der Waals surface area contributed by atoms with E-state index < -0.39 is 0 Å². The van der Waals surface area contributed by atoms with Crippen molar-refractivity contribution in [3.63, 3.8) is 0 Å². The Kier molecular flexibility index (Phi) is 27.7. The molecular formula is C27H55S. The Balaban J connectivity index is 2.96. The Morgan fingerprint density at radius 2 is 0.714 bits per heavy atom. The van der Waals surface area contributed by atoms with Crippen LogP contribution >= 0.6 is 11.8 Å². The molecule has 0 aromatic rings. The zero-order valence-corrected chi connectivity index (χ0v) is 20.8. The average Bonchev–Trinajstić information content (AvgIpc) is 2.71. The first-order chi connectivity index (χ1) is 13.9. The van der Waals surface area contributed by atoms with Crippen molar-refractivity contribution >= 4 is 11.8 Å². The maximum atomic E-state index is 2.49. The molecule has 0 atom stereocenters. The highest BCUT2D eigenvalue weighted by Crippen LogP contribution is 2.18. The molecule has 0 aromatic heterocycles. The van der Waals surface area contributed by atoms with E-state index in [1.54, 1.807) is 0 Å². The van der Waals surface area contributed by atoms with E-state index in [1.807, 2.05) is 0 Å². The summed E-state index contributed by atoms with van der Waals surface area (Å²) in [6.07, 6.45) is 33.3. The van der Waals surface area contributed by atoms with Crippen LogP contribution in [0.1, 0.15) is 162 Å². The Morgan fingerprint density at radius 1 is 0.393 bits per heavy atom. The summed E-state index contributed by atoms with van der Waals surface area (Å²) < 4.78 is 0. The van der Waals surface area contributed by atoms with E-state index in [4.69, 9.17) is 0 Å². The van der Waals surface area contributed by atoms with Crippen molar-refractivity contribution in [1.29, 1.82) is 0 Å². The molecule has 0 rings (SSSR count). The van der Waals surface area contributed by atoms with Crippen molar-refractivity contribution in [3.8, 4) is 0 Å². The summed E-state index contributed by atoms with van der Waals surface area (Å²) in [5.74, 6) is 3.84. The minimum Gasteiger partial charge on any atom is -0.157 e. The molecule has 1 radical (unpaired) electrons. The molecule has 28 heavy (non-hydrogen) atoms. The quantitative estimate of drug-likeness (QED) is 0.135. The van der Waals surface area contributed by atoms with Gasteiger partial charge in [0.15, 0.2) is 0 Å². The maximum absolute atomic E-state index is 2.49.